The highest BCUT2D eigenvalue weighted by Gasteiger charge is 2.31. The summed E-state index contributed by atoms with van der Waals surface area (Å²) >= 11 is 6.96. The maximum atomic E-state index is 12.7. The number of carbonyl (C=O) groups excluding carboxylic acids is 1. The second-order valence-corrected chi connectivity index (χ2v) is 8.29. The number of aliphatic imine (C=N–C) groups is 1. The molecule has 1 N–H and O–H groups in total. The molecular formula is C22H14ClN3O6S. The lowest BCUT2D eigenvalue weighted by atomic mass is 10.1. The number of nitro benzene ring substituents is 1. The van der Waals surface area contributed by atoms with E-state index < -0.39 is 10.9 Å². The maximum Gasteiger partial charge on any atom is 0.335 e. The molecule has 0 radical (unpaired) electrons. The lowest BCUT2D eigenvalue weighted by molar-refractivity contribution is -0.384. The molecule has 1 amide bonds. The number of benzene rings is 2. The van der Waals surface area contributed by atoms with Crippen molar-refractivity contribution < 1.29 is 24.0 Å². The molecule has 33 heavy (non-hydrogen) atoms. The summed E-state index contributed by atoms with van der Waals surface area (Å²) in [6.45, 7) is 0. The van der Waals surface area contributed by atoms with Crippen LogP contribution in [0.3, 0.4) is 0 Å². The summed E-state index contributed by atoms with van der Waals surface area (Å²) in [6.07, 6.45) is 1.52. The molecule has 1 fully saturated rings. The number of amidine groups is 1. The minimum absolute atomic E-state index is 0.0870. The summed E-state index contributed by atoms with van der Waals surface area (Å²) in [7, 11) is 1.56. The molecule has 166 valence electrons. The van der Waals surface area contributed by atoms with E-state index in [0.717, 1.165) is 11.8 Å². The molecule has 11 heteroatoms. The molecule has 0 atom stereocenters. The molecule has 0 spiro atoms. The molecule has 2 heterocycles. The number of carboxylic acids is 1. The molecule has 1 aliphatic heterocycles. The predicted molar refractivity (Wildman–Crippen MR) is 125 cm³/mol. The van der Waals surface area contributed by atoms with Gasteiger partial charge in [0.25, 0.3) is 11.6 Å². The zero-order chi connectivity index (χ0) is 23.7. The van der Waals surface area contributed by atoms with E-state index >= 15 is 0 Å². The lowest BCUT2D eigenvalue weighted by Crippen LogP contribution is -2.23. The Morgan fingerprint density at radius 2 is 2.03 bits per heavy atom. The van der Waals surface area contributed by atoms with Crippen LogP contribution in [0.25, 0.3) is 17.4 Å². The number of nitrogens with zero attached hydrogens (tertiary/aromatic N) is 3. The smallest absolute Gasteiger partial charge is 0.335 e. The van der Waals surface area contributed by atoms with Crippen LogP contribution < -0.4 is 0 Å². The first kappa shape index (κ1) is 22.3. The van der Waals surface area contributed by atoms with Crippen LogP contribution in [0.15, 0.2) is 68.9 Å². The largest absolute Gasteiger partial charge is 0.478 e. The number of furan rings is 1. The van der Waals surface area contributed by atoms with Gasteiger partial charge in [-0.25, -0.2) is 9.79 Å². The fraction of sp³-hybridized carbons (Fsp3) is 0.0455. The molecule has 2 aromatic carbocycles. The number of carboxylic acid groups (broad SMARTS) is 1. The number of aromatic carboxylic acids is 1. The number of nitro groups is 1. The molecule has 0 aliphatic carbocycles. The second kappa shape index (κ2) is 8.93. The highest BCUT2D eigenvalue weighted by molar-refractivity contribution is 8.18. The van der Waals surface area contributed by atoms with Crippen LogP contribution in [-0.4, -0.2) is 39.0 Å². The van der Waals surface area contributed by atoms with E-state index in [1.54, 1.807) is 31.3 Å². The Morgan fingerprint density at radius 3 is 2.76 bits per heavy atom. The molecule has 0 unspecified atom stereocenters. The van der Waals surface area contributed by atoms with E-state index in [1.807, 2.05) is 0 Å². The molecule has 1 aromatic heterocycles. The van der Waals surface area contributed by atoms with Gasteiger partial charge >= 0.3 is 5.97 Å². The highest BCUT2D eigenvalue weighted by Crippen LogP contribution is 2.36. The number of amides is 1. The first-order chi connectivity index (χ1) is 15.7. The summed E-state index contributed by atoms with van der Waals surface area (Å²) < 4.78 is 5.73. The Morgan fingerprint density at radius 1 is 1.24 bits per heavy atom. The van der Waals surface area contributed by atoms with Crippen LogP contribution in [0, 0.1) is 10.1 Å². The zero-order valence-electron chi connectivity index (χ0n) is 16.9. The topological polar surface area (TPSA) is 126 Å². The Kier molecular flexibility index (Phi) is 6.03. The van der Waals surface area contributed by atoms with Crippen LogP contribution in [0.1, 0.15) is 16.1 Å². The Labute approximate surface area is 196 Å². The number of hydrogen-bond acceptors (Lipinski definition) is 7. The van der Waals surface area contributed by atoms with Crippen molar-refractivity contribution in [2.45, 2.75) is 0 Å². The van der Waals surface area contributed by atoms with Gasteiger partial charge in [0.2, 0.25) is 0 Å². The monoisotopic (exact) mass is 483 g/mol. The van der Waals surface area contributed by atoms with E-state index in [9.17, 15) is 19.7 Å². The summed E-state index contributed by atoms with van der Waals surface area (Å²) in [6, 6.07) is 13.5. The molecule has 0 bridgehead atoms. The summed E-state index contributed by atoms with van der Waals surface area (Å²) in [5.74, 6) is -0.805. The van der Waals surface area contributed by atoms with Crippen molar-refractivity contribution in [1.29, 1.82) is 0 Å². The fourth-order valence-corrected chi connectivity index (χ4v) is 4.17. The molecule has 1 saturated heterocycles. The summed E-state index contributed by atoms with van der Waals surface area (Å²) in [5.41, 5.74) is 0.551. The summed E-state index contributed by atoms with van der Waals surface area (Å²) in [5, 5.41) is 21.1. The molecule has 3 aromatic rings. The number of likely N-dealkylation sites (N-methyl/N-ethyl adjacent to an activating group) is 1. The van der Waals surface area contributed by atoms with Gasteiger partial charge in [0.1, 0.15) is 11.5 Å². The normalized spacial score (nSPS) is 16.1. The Hall–Kier alpha value is -3.89. The van der Waals surface area contributed by atoms with Gasteiger partial charge in [-0.3, -0.25) is 19.8 Å². The number of rotatable bonds is 5. The molecule has 1 aliphatic rings. The maximum absolute atomic E-state index is 12.7. The van der Waals surface area contributed by atoms with Crippen molar-refractivity contribution in [3.63, 3.8) is 0 Å². The first-order valence-corrected chi connectivity index (χ1v) is 10.6. The van der Waals surface area contributed by atoms with Gasteiger partial charge < -0.3 is 9.52 Å². The van der Waals surface area contributed by atoms with Crippen LogP contribution in [0.4, 0.5) is 11.4 Å². The van der Waals surface area contributed by atoms with Gasteiger partial charge in [0.05, 0.1) is 26.6 Å². The van der Waals surface area contributed by atoms with Gasteiger partial charge in [0.15, 0.2) is 5.17 Å². The fourth-order valence-electron chi connectivity index (χ4n) is 3.04. The van der Waals surface area contributed by atoms with Gasteiger partial charge in [-0.05, 0) is 54.2 Å². The van der Waals surface area contributed by atoms with E-state index in [4.69, 9.17) is 21.1 Å². The molecular weight excluding hydrogens is 470 g/mol. The third-order valence-corrected chi connectivity index (χ3v) is 5.94. The molecule has 9 nitrogen and oxygen atoms in total. The number of thioether (sulfide) groups is 1. The second-order valence-electron chi connectivity index (χ2n) is 6.85. The van der Waals surface area contributed by atoms with Crippen molar-refractivity contribution in [2.75, 3.05) is 7.05 Å². The third kappa shape index (κ3) is 4.66. The zero-order valence-corrected chi connectivity index (χ0v) is 18.5. The van der Waals surface area contributed by atoms with Crippen molar-refractivity contribution >= 4 is 57.9 Å². The summed E-state index contributed by atoms with van der Waals surface area (Å²) in [4.78, 5) is 40.7. The first-order valence-electron chi connectivity index (χ1n) is 9.37. The van der Waals surface area contributed by atoms with E-state index in [0.29, 0.717) is 21.5 Å². The lowest BCUT2D eigenvalue weighted by Gasteiger charge is -2.07. The van der Waals surface area contributed by atoms with E-state index in [1.165, 1.54) is 41.3 Å². The van der Waals surface area contributed by atoms with E-state index in [2.05, 4.69) is 4.99 Å². The Balaban J connectivity index is 1.62. The third-order valence-electron chi connectivity index (χ3n) is 4.64. The van der Waals surface area contributed by atoms with Gasteiger partial charge in [0, 0.05) is 24.2 Å². The molecule has 0 saturated carbocycles. The van der Waals surface area contributed by atoms with Crippen molar-refractivity contribution in [1.82, 2.24) is 4.90 Å². The number of halogens is 1. The average molecular weight is 484 g/mol. The van der Waals surface area contributed by atoms with Gasteiger partial charge in [-0.1, -0.05) is 17.7 Å². The minimum atomic E-state index is -1.07. The quantitative estimate of drug-likeness (QED) is 0.291. The predicted octanol–water partition coefficient (Wildman–Crippen LogP) is 5.44. The average Bonchev–Trinajstić information content (AvgIpc) is 3.34. The minimum Gasteiger partial charge on any atom is -0.478 e. The van der Waals surface area contributed by atoms with Crippen molar-refractivity contribution in [3.05, 3.63) is 86.0 Å². The van der Waals surface area contributed by atoms with Crippen LogP contribution in [0.5, 0.6) is 0 Å². The SMILES string of the molecule is CN1C(=O)/C(=C\c2ccc(-c3ccc(Cl)cc3[N+](=O)[O-])o2)SC1=Nc1cccc(C(=O)O)c1. The molecule has 4 rings (SSSR count). The van der Waals surface area contributed by atoms with Crippen LogP contribution in [-0.2, 0) is 4.79 Å². The number of hydrogen-bond donors (Lipinski definition) is 1. The van der Waals surface area contributed by atoms with Gasteiger partial charge in [-0.2, -0.15) is 0 Å². The Bertz CT molecular complexity index is 1360. The van der Waals surface area contributed by atoms with Crippen LogP contribution >= 0.6 is 23.4 Å². The standard InChI is InChI=1S/C22H14ClN3O6S/c1-25-20(27)19(33-22(25)24-14-4-2-3-12(9-14)21(28)29)11-15-6-8-18(32-15)16-7-5-13(23)10-17(16)26(30)31/h2-11H,1H3,(H,28,29)/b19-11+,24-22?. The highest BCUT2D eigenvalue weighted by atomic mass is 35.5. The van der Waals surface area contributed by atoms with E-state index in [-0.39, 0.29) is 33.5 Å². The number of carbonyl (C=O) groups is 2. The van der Waals surface area contributed by atoms with Crippen LogP contribution in [0.2, 0.25) is 5.02 Å². The van der Waals surface area contributed by atoms with Crippen molar-refractivity contribution in [3.8, 4) is 11.3 Å². The van der Waals surface area contributed by atoms with Crippen molar-refractivity contribution in [2.24, 2.45) is 4.99 Å². The van der Waals surface area contributed by atoms with Gasteiger partial charge in [-0.15, -0.1) is 0 Å².